The molecule has 1 heterocycles. The highest BCUT2D eigenvalue weighted by Crippen LogP contribution is 2.27. The van der Waals surface area contributed by atoms with Crippen molar-refractivity contribution in [1.82, 2.24) is 4.31 Å². The maximum atomic E-state index is 12.5. The van der Waals surface area contributed by atoms with Gasteiger partial charge in [0.1, 0.15) is 0 Å². The summed E-state index contributed by atoms with van der Waals surface area (Å²) >= 11 is 5.75. The van der Waals surface area contributed by atoms with Gasteiger partial charge >= 0.3 is 0 Å². The average molecular weight is 306 g/mol. The van der Waals surface area contributed by atoms with Gasteiger partial charge in [0.05, 0.1) is 23.6 Å². The Bertz CT molecular complexity index is 531. The Labute approximate surface area is 117 Å². The zero-order chi connectivity index (χ0) is 14.0. The number of benzene rings is 1. The normalized spacial score (nSPS) is 24.8. The first-order chi connectivity index (χ1) is 8.98. The molecule has 19 heavy (non-hydrogen) atoms. The standard InChI is InChI=1S/C12H16ClNO4S/c1-18-11-6-10(8-15)14(7-11)19(16,17)12-4-2-9(13)3-5-12/h2-5,10-11,15H,6-8H2,1H3/t10-,11-/m0/s1. The Morgan fingerprint density at radius 2 is 2.05 bits per heavy atom. The fourth-order valence-electron chi connectivity index (χ4n) is 2.22. The summed E-state index contributed by atoms with van der Waals surface area (Å²) in [5.74, 6) is 0. The molecule has 1 aliphatic rings. The van der Waals surface area contributed by atoms with Crippen molar-refractivity contribution in [3.8, 4) is 0 Å². The number of aliphatic hydroxyl groups is 1. The Kier molecular flexibility index (Phi) is 4.47. The monoisotopic (exact) mass is 305 g/mol. The van der Waals surface area contributed by atoms with Crippen molar-refractivity contribution in [2.24, 2.45) is 0 Å². The third-order valence-corrected chi connectivity index (χ3v) is 5.47. The van der Waals surface area contributed by atoms with E-state index < -0.39 is 16.1 Å². The van der Waals surface area contributed by atoms with E-state index in [2.05, 4.69) is 0 Å². The van der Waals surface area contributed by atoms with E-state index in [1.54, 1.807) is 0 Å². The summed E-state index contributed by atoms with van der Waals surface area (Å²) in [5, 5.41) is 9.80. The maximum Gasteiger partial charge on any atom is 0.243 e. The van der Waals surface area contributed by atoms with Gasteiger partial charge in [0.15, 0.2) is 0 Å². The van der Waals surface area contributed by atoms with Gasteiger partial charge in [-0.15, -0.1) is 0 Å². The molecular weight excluding hydrogens is 290 g/mol. The summed E-state index contributed by atoms with van der Waals surface area (Å²) < 4.78 is 31.5. The molecule has 2 rings (SSSR count). The molecule has 1 N–H and O–H groups in total. The molecular formula is C12H16ClNO4S. The summed E-state index contributed by atoms with van der Waals surface area (Å²) in [6, 6.07) is 5.56. The molecule has 0 amide bonds. The molecule has 7 heteroatoms. The molecule has 0 saturated carbocycles. The topological polar surface area (TPSA) is 66.8 Å². The van der Waals surface area contributed by atoms with Crippen molar-refractivity contribution in [3.05, 3.63) is 29.3 Å². The number of ether oxygens (including phenoxy) is 1. The van der Waals surface area contributed by atoms with Crippen LogP contribution in [0.5, 0.6) is 0 Å². The molecule has 106 valence electrons. The predicted molar refractivity (Wildman–Crippen MR) is 71.6 cm³/mol. The van der Waals surface area contributed by atoms with Gasteiger partial charge < -0.3 is 9.84 Å². The third kappa shape index (κ3) is 2.93. The minimum atomic E-state index is -3.63. The molecule has 1 aliphatic heterocycles. The minimum Gasteiger partial charge on any atom is -0.395 e. The second kappa shape index (κ2) is 5.76. The van der Waals surface area contributed by atoms with Crippen LogP contribution in [0.2, 0.25) is 5.02 Å². The Morgan fingerprint density at radius 3 is 2.58 bits per heavy atom. The van der Waals surface area contributed by atoms with Crippen LogP contribution in [0.1, 0.15) is 6.42 Å². The highest BCUT2D eigenvalue weighted by atomic mass is 35.5. The molecule has 2 atom stereocenters. The number of hydrogen-bond donors (Lipinski definition) is 1. The summed E-state index contributed by atoms with van der Waals surface area (Å²) in [7, 11) is -2.09. The molecule has 1 saturated heterocycles. The van der Waals surface area contributed by atoms with Crippen LogP contribution in [0.15, 0.2) is 29.2 Å². The summed E-state index contributed by atoms with van der Waals surface area (Å²) in [5.41, 5.74) is 0. The number of methoxy groups -OCH3 is 1. The summed E-state index contributed by atoms with van der Waals surface area (Å²) in [4.78, 5) is 0.173. The molecule has 0 aromatic heterocycles. The van der Waals surface area contributed by atoms with Crippen molar-refractivity contribution in [1.29, 1.82) is 0 Å². The van der Waals surface area contributed by atoms with Crippen LogP contribution < -0.4 is 0 Å². The highest BCUT2D eigenvalue weighted by Gasteiger charge is 2.39. The zero-order valence-electron chi connectivity index (χ0n) is 10.5. The third-order valence-electron chi connectivity index (χ3n) is 3.29. The Balaban J connectivity index is 2.31. The van der Waals surface area contributed by atoms with Gasteiger partial charge in [0.25, 0.3) is 0 Å². The molecule has 1 fully saturated rings. The van der Waals surface area contributed by atoms with Crippen LogP contribution in [-0.2, 0) is 14.8 Å². The van der Waals surface area contributed by atoms with E-state index in [-0.39, 0.29) is 24.2 Å². The highest BCUT2D eigenvalue weighted by molar-refractivity contribution is 7.89. The molecule has 0 radical (unpaired) electrons. The van der Waals surface area contributed by atoms with Gasteiger partial charge in [-0.05, 0) is 30.7 Å². The smallest absolute Gasteiger partial charge is 0.243 e. The number of halogens is 1. The van der Waals surface area contributed by atoms with Gasteiger partial charge in [-0.25, -0.2) is 8.42 Å². The molecule has 0 spiro atoms. The van der Waals surface area contributed by atoms with Crippen LogP contribution in [-0.4, -0.2) is 50.2 Å². The first kappa shape index (κ1) is 14.7. The van der Waals surface area contributed by atoms with Gasteiger partial charge in [-0.2, -0.15) is 4.31 Å². The molecule has 1 aromatic carbocycles. The lowest BCUT2D eigenvalue weighted by atomic mass is 10.2. The lowest BCUT2D eigenvalue weighted by molar-refractivity contribution is 0.113. The van der Waals surface area contributed by atoms with Crippen molar-refractivity contribution in [2.45, 2.75) is 23.5 Å². The van der Waals surface area contributed by atoms with E-state index in [1.165, 1.54) is 35.7 Å². The predicted octanol–water partition coefficient (Wildman–Crippen LogP) is 1.11. The molecule has 0 bridgehead atoms. The first-order valence-electron chi connectivity index (χ1n) is 5.90. The van der Waals surface area contributed by atoms with Crippen LogP contribution in [0.25, 0.3) is 0 Å². The molecule has 1 aromatic rings. The van der Waals surface area contributed by atoms with Crippen molar-refractivity contribution < 1.29 is 18.3 Å². The fourth-order valence-corrected chi connectivity index (χ4v) is 4.00. The van der Waals surface area contributed by atoms with Gasteiger partial charge in [-0.1, -0.05) is 11.6 Å². The number of nitrogens with zero attached hydrogens (tertiary/aromatic N) is 1. The van der Waals surface area contributed by atoms with Crippen molar-refractivity contribution >= 4 is 21.6 Å². The Hall–Kier alpha value is -0.660. The summed E-state index contributed by atoms with van der Waals surface area (Å²) in [6.07, 6.45) is 0.319. The van der Waals surface area contributed by atoms with E-state index in [1.807, 2.05) is 0 Å². The lowest BCUT2D eigenvalue weighted by Gasteiger charge is -2.22. The number of hydrogen-bond acceptors (Lipinski definition) is 4. The number of rotatable bonds is 4. The van der Waals surface area contributed by atoms with Crippen molar-refractivity contribution in [2.75, 3.05) is 20.3 Å². The quantitative estimate of drug-likeness (QED) is 0.905. The maximum absolute atomic E-state index is 12.5. The fraction of sp³-hybridized carbons (Fsp3) is 0.500. The molecule has 0 aliphatic carbocycles. The van der Waals surface area contributed by atoms with Crippen LogP contribution in [0.3, 0.4) is 0 Å². The zero-order valence-corrected chi connectivity index (χ0v) is 12.1. The van der Waals surface area contributed by atoms with Gasteiger partial charge in [0, 0.05) is 18.7 Å². The molecule has 5 nitrogen and oxygen atoms in total. The second-order valence-electron chi connectivity index (χ2n) is 4.46. The van der Waals surface area contributed by atoms with E-state index in [0.717, 1.165) is 0 Å². The van der Waals surface area contributed by atoms with E-state index in [4.69, 9.17) is 16.3 Å². The lowest BCUT2D eigenvalue weighted by Crippen LogP contribution is -2.37. The number of sulfonamides is 1. The SMILES string of the molecule is CO[C@H]1C[C@@H](CO)N(S(=O)(=O)c2ccc(Cl)cc2)C1. The van der Waals surface area contributed by atoms with Crippen LogP contribution in [0, 0.1) is 0 Å². The van der Waals surface area contributed by atoms with E-state index in [9.17, 15) is 13.5 Å². The van der Waals surface area contributed by atoms with Crippen LogP contribution in [0.4, 0.5) is 0 Å². The first-order valence-corrected chi connectivity index (χ1v) is 7.72. The van der Waals surface area contributed by atoms with Crippen LogP contribution >= 0.6 is 11.6 Å². The van der Waals surface area contributed by atoms with E-state index >= 15 is 0 Å². The summed E-state index contributed by atoms with van der Waals surface area (Å²) in [6.45, 7) is 0.0410. The number of aliphatic hydroxyl groups excluding tert-OH is 1. The minimum absolute atomic E-state index is 0.173. The van der Waals surface area contributed by atoms with Gasteiger partial charge in [-0.3, -0.25) is 0 Å². The average Bonchev–Trinajstić information content (AvgIpc) is 2.83. The van der Waals surface area contributed by atoms with E-state index in [0.29, 0.717) is 11.4 Å². The second-order valence-corrected chi connectivity index (χ2v) is 6.79. The Morgan fingerprint density at radius 1 is 1.42 bits per heavy atom. The van der Waals surface area contributed by atoms with Crippen molar-refractivity contribution in [3.63, 3.8) is 0 Å². The van der Waals surface area contributed by atoms with Gasteiger partial charge in [0.2, 0.25) is 10.0 Å². The largest absolute Gasteiger partial charge is 0.395 e. The molecule has 0 unspecified atom stereocenters.